The number of nitrogens with zero attached hydrogens (tertiary/aromatic N) is 1. The van der Waals surface area contributed by atoms with Crippen LogP contribution in [0.2, 0.25) is 0 Å². The molecule has 1 aliphatic heterocycles. The summed E-state index contributed by atoms with van der Waals surface area (Å²) in [5.74, 6) is 0.0227. The van der Waals surface area contributed by atoms with Crippen LogP contribution in [-0.4, -0.2) is 37.5 Å². The Bertz CT molecular complexity index is 908. The first-order chi connectivity index (χ1) is 14.0. The second kappa shape index (κ2) is 9.23. The Hall–Kier alpha value is -3.35. The van der Waals surface area contributed by atoms with Crippen LogP contribution in [0.5, 0.6) is 5.75 Å². The van der Waals surface area contributed by atoms with E-state index in [-0.39, 0.29) is 24.8 Å². The van der Waals surface area contributed by atoms with E-state index in [0.29, 0.717) is 36.6 Å². The van der Waals surface area contributed by atoms with E-state index in [1.54, 1.807) is 36.1 Å². The largest absolute Gasteiger partial charge is 0.482 e. The van der Waals surface area contributed by atoms with Gasteiger partial charge in [0, 0.05) is 18.7 Å². The first-order valence-corrected chi connectivity index (χ1v) is 9.59. The highest BCUT2D eigenvalue weighted by atomic mass is 16.5. The van der Waals surface area contributed by atoms with Crippen molar-refractivity contribution in [1.82, 2.24) is 0 Å². The molecule has 2 aromatic carbocycles. The molecule has 0 aliphatic carbocycles. The van der Waals surface area contributed by atoms with Gasteiger partial charge in [-0.05, 0) is 62.2 Å². The number of carbonyl (C=O) groups is 3. The van der Waals surface area contributed by atoms with Crippen molar-refractivity contribution in [1.29, 1.82) is 0 Å². The lowest BCUT2D eigenvalue weighted by Gasteiger charge is -2.29. The van der Waals surface area contributed by atoms with Crippen LogP contribution in [0.15, 0.2) is 42.5 Å². The number of fused-ring (bicyclic) bond motifs is 1. The van der Waals surface area contributed by atoms with Crippen molar-refractivity contribution in [2.45, 2.75) is 26.7 Å². The molecule has 29 heavy (non-hydrogen) atoms. The maximum Gasteiger partial charge on any atom is 0.338 e. The van der Waals surface area contributed by atoms with Crippen LogP contribution in [0, 0.1) is 6.92 Å². The van der Waals surface area contributed by atoms with Gasteiger partial charge in [0.15, 0.2) is 6.61 Å². The Morgan fingerprint density at radius 3 is 2.66 bits per heavy atom. The van der Waals surface area contributed by atoms with E-state index in [1.165, 1.54) is 0 Å². The molecule has 7 heteroatoms. The minimum absolute atomic E-state index is 0.00900. The summed E-state index contributed by atoms with van der Waals surface area (Å²) in [6.07, 6.45) is 0.789. The quantitative estimate of drug-likeness (QED) is 0.726. The van der Waals surface area contributed by atoms with Crippen LogP contribution in [0.3, 0.4) is 0 Å². The number of ether oxygens (including phenoxy) is 2. The number of rotatable bonds is 7. The molecule has 0 bridgehead atoms. The van der Waals surface area contributed by atoms with Crippen molar-refractivity contribution >= 4 is 29.2 Å². The number of hydrogen-bond donors (Lipinski definition) is 1. The average Bonchev–Trinajstić information content (AvgIpc) is 2.70. The van der Waals surface area contributed by atoms with Crippen molar-refractivity contribution in [3.8, 4) is 5.75 Å². The second-order valence-electron chi connectivity index (χ2n) is 6.75. The highest BCUT2D eigenvalue weighted by Gasteiger charge is 2.25. The number of carbonyl (C=O) groups excluding carboxylic acids is 3. The highest BCUT2D eigenvalue weighted by Crippen LogP contribution is 2.33. The molecule has 0 spiro atoms. The summed E-state index contributed by atoms with van der Waals surface area (Å²) in [7, 11) is 0. The summed E-state index contributed by atoms with van der Waals surface area (Å²) < 4.78 is 10.4. The molecule has 0 atom stereocenters. The van der Waals surface area contributed by atoms with E-state index < -0.39 is 5.97 Å². The lowest BCUT2D eigenvalue weighted by Crippen LogP contribution is -2.39. The van der Waals surface area contributed by atoms with Gasteiger partial charge in [0.25, 0.3) is 5.91 Å². The number of aryl methyl sites for hydroxylation is 1. The third-order valence-corrected chi connectivity index (χ3v) is 4.52. The summed E-state index contributed by atoms with van der Waals surface area (Å²) >= 11 is 0. The molecule has 1 heterocycles. The van der Waals surface area contributed by atoms with Crippen molar-refractivity contribution < 1.29 is 23.9 Å². The molecule has 2 aromatic rings. The Morgan fingerprint density at radius 1 is 1.17 bits per heavy atom. The molecule has 7 nitrogen and oxygen atoms in total. The van der Waals surface area contributed by atoms with Crippen LogP contribution in [0.25, 0.3) is 0 Å². The fourth-order valence-electron chi connectivity index (χ4n) is 3.08. The number of esters is 1. The Kier molecular flexibility index (Phi) is 6.49. The molecule has 0 unspecified atom stereocenters. The molecule has 0 saturated carbocycles. The molecular weight excluding hydrogens is 372 g/mol. The fraction of sp³-hybridized carbons (Fsp3) is 0.318. The minimum Gasteiger partial charge on any atom is -0.482 e. The molecule has 152 valence electrons. The number of hydrogen-bond acceptors (Lipinski definition) is 5. The summed E-state index contributed by atoms with van der Waals surface area (Å²) in [6.45, 7) is 4.46. The van der Waals surface area contributed by atoms with Crippen LogP contribution >= 0.6 is 0 Å². The standard InChI is InChI=1S/C22H24N2O5/c1-3-28-22(27)16-7-9-17(10-8-16)23-20(25)5-4-12-24-18-13-15(2)6-11-19(18)29-14-21(24)26/h6-11,13H,3-5,12,14H2,1-2H3,(H,23,25). The maximum atomic E-state index is 12.2. The SMILES string of the molecule is CCOC(=O)c1ccc(NC(=O)CCCN2C(=O)COc3ccc(C)cc32)cc1. The highest BCUT2D eigenvalue weighted by molar-refractivity contribution is 5.98. The Balaban J connectivity index is 1.52. The molecule has 0 radical (unpaired) electrons. The van der Waals surface area contributed by atoms with Crippen LogP contribution < -0.4 is 15.0 Å². The zero-order valence-corrected chi connectivity index (χ0v) is 16.6. The van der Waals surface area contributed by atoms with Crippen molar-refractivity contribution in [3.05, 3.63) is 53.6 Å². The number of amides is 2. The number of nitrogens with one attached hydrogen (secondary N) is 1. The second-order valence-corrected chi connectivity index (χ2v) is 6.75. The van der Waals surface area contributed by atoms with Gasteiger partial charge in [-0.2, -0.15) is 0 Å². The van der Waals surface area contributed by atoms with Crippen LogP contribution in [0.1, 0.15) is 35.7 Å². The van der Waals surface area contributed by atoms with E-state index in [0.717, 1.165) is 11.3 Å². The first-order valence-electron chi connectivity index (χ1n) is 9.59. The minimum atomic E-state index is -0.393. The van der Waals surface area contributed by atoms with E-state index in [2.05, 4.69) is 5.32 Å². The molecule has 2 amide bonds. The predicted octanol–water partition coefficient (Wildman–Crippen LogP) is 3.32. The molecule has 3 rings (SSSR count). The van der Waals surface area contributed by atoms with Gasteiger partial charge in [-0.15, -0.1) is 0 Å². The summed E-state index contributed by atoms with van der Waals surface area (Å²) in [5, 5.41) is 2.80. The first kappa shape index (κ1) is 20.4. The number of benzene rings is 2. The van der Waals surface area contributed by atoms with Gasteiger partial charge < -0.3 is 19.7 Å². The Labute approximate surface area is 169 Å². The van der Waals surface area contributed by atoms with Gasteiger partial charge in [-0.25, -0.2) is 4.79 Å². The van der Waals surface area contributed by atoms with Gasteiger partial charge in [0.05, 0.1) is 17.9 Å². The molecular formula is C22H24N2O5. The fourth-order valence-corrected chi connectivity index (χ4v) is 3.08. The normalized spacial score (nSPS) is 12.8. The molecule has 1 aliphatic rings. The lowest BCUT2D eigenvalue weighted by molar-refractivity contribution is -0.121. The summed E-state index contributed by atoms with van der Waals surface area (Å²) in [4.78, 5) is 37.8. The van der Waals surface area contributed by atoms with E-state index in [9.17, 15) is 14.4 Å². The van der Waals surface area contributed by atoms with Gasteiger partial charge >= 0.3 is 5.97 Å². The van der Waals surface area contributed by atoms with Gasteiger partial charge in [0.1, 0.15) is 5.75 Å². The van der Waals surface area contributed by atoms with E-state index in [1.807, 2.05) is 25.1 Å². The predicted molar refractivity (Wildman–Crippen MR) is 109 cm³/mol. The maximum absolute atomic E-state index is 12.2. The van der Waals surface area contributed by atoms with Crippen molar-refractivity contribution in [3.63, 3.8) is 0 Å². The molecule has 0 saturated heterocycles. The topological polar surface area (TPSA) is 84.9 Å². The molecule has 0 fully saturated rings. The number of anilines is 2. The monoisotopic (exact) mass is 396 g/mol. The van der Waals surface area contributed by atoms with Gasteiger partial charge in [-0.3, -0.25) is 9.59 Å². The van der Waals surface area contributed by atoms with Gasteiger partial charge in [-0.1, -0.05) is 6.07 Å². The zero-order valence-electron chi connectivity index (χ0n) is 16.6. The van der Waals surface area contributed by atoms with Crippen molar-refractivity contribution in [2.75, 3.05) is 30.0 Å². The third-order valence-electron chi connectivity index (χ3n) is 4.52. The van der Waals surface area contributed by atoms with Crippen molar-refractivity contribution in [2.24, 2.45) is 0 Å². The van der Waals surface area contributed by atoms with Crippen LogP contribution in [0.4, 0.5) is 11.4 Å². The van der Waals surface area contributed by atoms with Crippen LogP contribution in [-0.2, 0) is 14.3 Å². The zero-order chi connectivity index (χ0) is 20.8. The summed E-state index contributed by atoms with van der Waals surface area (Å²) in [6, 6.07) is 12.3. The average molecular weight is 396 g/mol. The van der Waals surface area contributed by atoms with E-state index >= 15 is 0 Å². The molecule has 1 N–H and O–H groups in total. The lowest BCUT2D eigenvalue weighted by atomic mass is 10.1. The van der Waals surface area contributed by atoms with E-state index in [4.69, 9.17) is 9.47 Å². The smallest absolute Gasteiger partial charge is 0.338 e. The molecule has 0 aromatic heterocycles. The third kappa shape index (κ3) is 5.13. The Morgan fingerprint density at radius 2 is 1.93 bits per heavy atom. The summed E-state index contributed by atoms with van der Waals surface area (Å²) in [5.41, 5.74) is 2.82. The van der Waals surface area contributed by atoms with Gasteiger partial charge in [0.2, 0.25) is 5.91 Å².